The number of fused-ring (bicyclic) bond motifs is 1. The van der Waals surface area contributed by atoms with Gasteiger partial charge in [-0.15, -0.1) is 0 Å². The number of rotatable bonds is 5. The number of imidazole rings is 1. The maximum atomic E-state index is 8.71. The summed E-state index contributed by atoms with van der Waals surface area (Å²) in [7, 11) is 0. The van der Waals surface area contributed by atoms with E-state index in [-0.39, 0.29) is 11.9 Å². The summed E-state index contributed by atoms with van der Waals surface area (Å²) in [4.78, 5) is 4.68. The van der Waals surface area contributed by atoms with Crippen molar-refractivity contribution in [3.8, 4) is 0 Å². The van der Waals surface area contributed by atoms with E-state index in [1.54, 1.807) is 0 Å². The molecule has 0 saturated carbocycles. The molecule has 0 aliphatic carbocycles. The number of hydrogen-bond donors (Lipinski definition) is 2. The Morgan fingerprint density at radius 3 is 2.89 bits per heavy atom. The number of benzene rings is 1. The van der Waals surface area contributed by atoms with Gasteiger partial charge in [-0.2, -0.15) is 0 Å². The third kappa shape index (κ3) is 2.70. The van der Waals surface area contributed by atoms with E-state index in [2.05, 4.69) is 34.6 Å². The fourth-order valence-electron chi connectivity index (χ4n) is 2.42. The molecule has 5 nitrogen and oxygen atoms in total. The van der Waals surface area contributed by atoms with Gasteiger partial charge < -0.3 is 15.5 Å². The molecule has 0 fully saturated rings. The smallest absolute Gasteiger partial charge is 0.141 e. The third-order valence-electron chi connectivity index (χ3n) is 3.22. The van der Waals surface area contributed by atoms with E-state index in [9.17, 15) is 0 Å². The van der Waals surface area contributed by atoms with E-state index in [0.29, 0.717) is 6.42 Å². The molecule has 0 radical (unpaired) electrons. The van der Waals surface area contributed by atoms with Gasteiger partial charge in [0.25, 0.3) is 0 Å². The van der Waals surface area contributed by atoms with Crippen molar-refractivity contribution < 1.29 is 5.21 Å². The van der Waals surface area contributed by atoms with Crippen molar-refractivity contribution in [3.63, 3.8) is 0 Å². The normalized spacial score (nSPS) is 13.9. The molecule has 0 spiro atoms. The Morgan fingerprint density at radius 1 is 1.47 bits per heavy atom. The minimum atomic E-state index is 0.116. The average molecular weight is 260 g/mol. The van der Waals surface area contributed by atoms with Crippen LogP contribution in [0.2, 0.25) is 0 Å². The van der Waals surface area contributed by atoms with Crippen molar-refractivity contribution in [1.29, 1.82) is 0 Å². The van der Waals surface area contributed by atoms with E-state index in [1.807, 2.05) is 18.2 Å². The van der Waals surface area contributed by atoms with E-state index in [1.165, 1.54) is 0 Å². The van der Waals surface area contributed by atoms with Gasteiger partial charge in [-0.3, -0.25) is 0 Å². The minimum Gasteiger partial charge on any atom is -0.409 e. The summed E-state index contributed by atoms with van der Waals surface area (Å²) in [6, 6.07) is 8.19. The number of nitrogens with zero attached hydrogens (tertiary/aromatic N) is 3. The standard InChI is InChI=1S/C14H20N4O/c1-3-6-14-16-11-7-4-5-8-12(11)18(14)10(2)9-13(15)17-19/h4-5,7-8,10,19H,3,6,9H2,1-2H3,(H2,15,17). The Kier molecular flexibility index (Phi) is 4.04. The maximum Gasteiger partial charge on any atom is 0.141 e. The van der Waals surface area contributed by atoms with Crippen LogP contribution in [-0.2, 0) is 6.42 Å². The van der Waals surface area contributed by atoms with Crippen LogP contribution in [0.25, 0.3) is 11.0 Å². The molecule has 0 aliphatic rings. The molecular weight excluding hydrogens is 240 g/mol. The summed E-state index contributed by atoms with van der Waals surface area (Å²) in [5.74, 6) is 1.30. The molecule has 3 N–H and O–H groups in total. The number of amidine groups is 1. The molecule has 1 heterocycles. The van der Waals surface area contributed by atoms with Gasteiger partial charge in [0.1, 0.15) is 11.7 Å². The van der Waals surface area contributed by atoms with Gasteiger partial charge in [0.05, 0.1) is 11.0 Å². The molecule has 0 amide bonds. The van der Waals surface area contributed by atoms with Crippen molar-refractivity contribution in [3.05, 3.63) is 30.1 Å². The quantitative estimate of drug-likeness (QED) is 0.375. The van der Waals surface area contributed by atoms with Gasteiger partial charge >= 0.3 is 0 Å². The van der Waals surface area contributed by atoms with Gasteiger partial charge in [0.15, 0.2) is 0 Å². The Labute approximate surface area is 112 Å². The van der Waals surface area contributed by atoms with Crippen LogP contribution in [0.15, 0.2) is 29.4 Å². The van der Waals surface area contributed by atoms with E-state index < -0.39 is 0 Å². The summed E-state index contributed by atoms with van der Waals surface area (Å²) in [6.45, 7) is 4.20. The molecule has 2 rings (SSSR count). The summed E-state index contributed by atoms with van der Waals surface area (Å²) in [6.07, 6.45) is 2.47. The Hall–Kier alpha value is -2.04. The monoisotopic (exact) mass is 260 g/mol. The Bertz CT molecular complexity index is 588. The van der Waals surface area contributed by atoms with E-state index >= 15 is 0 Å². The van der Waals surface area contributed by atoms with E-state index in [0.717, 1.165) is 29.7 Å². The van der Waals surface area contributed by atoms with Crippen LogP contribution in [0.5, 0.6) is 0 Å². The second-order valence-electron chi connectivity index (χ2n) is 4.78. The highest BCUT2D eigenvalue weighted by Gasteiger charge is 2.16. The van der Waals surface area contributed by atoms with Crippen molar-refractivity contribution in [1.82, 2.24) is 9.55 Å². The van der Waals surface area contributed by atoms with Crippen LogP contribution in [0.4, 0.5) is 0 Å². The predicted molar refractivity (Wildman–Crippen MR) is 76.5 cm³/mol. The molecule has 1 unspecified atom stereocenters. The fourth-order valence-corrected chi connectivity index (χ4v) is 2.42. The van der Waals surface area contributed by atoms with Gasteiger partial charge in [0, 0.05) is 18.9 Å². The van der Waals surface area contributed by atoms with E-state index in [4.69, 9.17) is 10.9 Å². The molecule has 19 heavy (non-hydrogen) atoms. The second kappa shape index (κ2) is 5.73. The first-order valence-electron chi connectivity index (χ1n) is 6.59. The molecule has 0 bridgehead atoms. The number of oxime groups is 1. The van der Waals surface area contributed by atoms with Crippen LogP contribution >= 0.6 is 0 Å². The lowest BCUT2D eigenvalue weighted by Crippen LogP contribution is -2.19. The van der Waals surface area contributed by atoms with Gasteiger partial charge in [0.2, 0.25) is 0 Å². The summed E-state index contributed by atoms with van der Waals surface area (Å²) in [5, 5.41) is 11.8. The lowest BCUT2D eigenvalue weighted by atomic mass is 10.2. The van der Waals surface area contributed by atoms with Crippen LogP contribution < -0.4 is 5.73 Å². The maximum absolute atomic E-state index is 8.71. The number of aryl methyl sites for hydroxylation is 1. The lowest BCUT2D eigenvalue weighted by molar-refractivity contribution is 0.315. The van der Waals surface area contributed by atoms with Gasteiger partial charge in [-0.1, -0.05) is 24.2 Å². The largest absolute Gasteiger partial charge is 0.409 e. The van der Waals surface area contributed by atoms with Crippen molar-refractivity contribution in [2.45, 2.75) is 39.2 Å². The number of hydrogen-bond acceptors (Lipinski definition) is 3. The SMILES string of the molecule is CCCc1nc2ccccc2n1C(C)C/C(N)=N/O. The zero-order valence-electron chi connectivity index (χ0n) is 11.4. The average Bonchev–Trinajstić information content (AvgIpc) is 2.76. The molecule has 1 atom stereocenters. The summed E-state index contributed by atoms with van der Waals surface area (Å²) < 4.78 is 2.19. The third-order valence-corrected chi connectivity index (χ3v) is 3.22. The summed E-state index contributed by atoms with van der Waals surface area (Å²) >= 11 is 0. The molecule has 102 valence electrons. The topological polar surface area (TPSA) is 76.4 Å². The van der Waals surface area contributed by atoms with Crippen LogP contribution in [0.1, 0.15) is 38.6 Å². The first kappa shape index (κ1) is 13.4. The van der Waals surface area contributed by atoms with Gasteiger partial charge in [-0.25, -0.2) is 4.98 Å². The van der Waals surface area contributed by atoms with Gasteiger partial charge in [-0.05, 0) is 25.5 Å². The number of para-hydroxylation sites is 2. The van der Waals surface area contributed by atoms with Crippen molar-refractivity contribution in [2.24, 2.45) is 10.9 Å². The van der Waals surface area contributed by atoms with Crippen molar-refractivity contribution >= 4 is 16.9 Å². The minimum absolute atomic E-state index is 0.116. The molecule has 0 saturated heterocycles. The first-order chi connectivity index (χ1) is 9.17. The number of nitrogens with two attached hydrogens (primary N) is 1. The lowest BCUT2D eigenvalue weighted by Gasteiger charge is -2.16. The number of aromatic nitrogens is 2. The van der Waals surface area contributed by atoms with Crippen LogP contribution in [0, 0.1) is 0 Å². The highest BCUT2D eigenvalue weighted by Crippen LogP contribution is 2.23. The zero-order valence-corrected chi connectivity index (χ0v) is 11.4. The molecule has 1 aromatic carbocycles. The Morgan fingerprint density at radius 2 is 2.21 bits per heavy atom. The Balaban J connectivity index is 2.46. The van der Waals surface area contributed by atoms with Crippen molar-refractivity contribution in [2.75, 3.05) is 0 Å². The molecule has 1 aromatic heterocycles. The first-order valence-corrected chi connectivity index (χ1v) is 6.59. The molecule has 0 aliphatic heterocycles. The predicted octanol–water partition coefficient (Wildman–Crippen LogP) is 2.69. The molecule has 5 heteroatoms. The summed E-state index contributed by atoms with van der Waals surface area (Å²) in [5.41, 5.74) is 7.71. The molecular formula is C14H20N4O. The zero-order chi connectivity index (χ0) is 13.8. The molecule has 2 aromatic rings. The van der Waals surface area contributed by atoms with Crippen LogP contribution in [-0.4, -0.2) is 20.6 Å². The van der Waals surface area contributed by atoms with Crippen LogP contribution in [0.3, 0.4) is 0 Å². The highest BCUT2D eigenvalue weighted by atomic mass is 16.4. The highest BCUT2D eigenvalue weighted by molar-refractivity contribution is 5.81. The fraction of sp³-hybridized carbons (Fsp3) is 0.429. The second-order valence-corrected chi connectivity index (χ2v) is 4.78.